The third kappa shape index (κ3) is 1.69. The predicted molar refractivity (Wildman–Crippen MR) is 57.0 cm³/mol. The van der Waals surface area contributed by atoms with Crippen molar-refractivity contribution in [2.45, 2.75) is 31.7 Å². The lowest BCUT2D eigenvalue weighted by atomic mass is 9.97. The highest BCUT2D eigenvalue weighted by atomic mass is 15.1. The summed E-state index contributed by atoms with van der Waals surface area (Å²) in [5, 5.41) is 3.40. The SMILES string of the molecule is CNC(c1nccn1C)C1CCCC1. The van der Waals surface area contributed by atoms with Crippen LogP contribution in [0.25, 0.3) is 0 Å². The Morgan fingerprint density at radius 1 is 1.50 bits per heavy atom. The second kappa shape index (κ2) is 4.13. The first-order chi connectivity index (χ1) is 6.83. The molecule has 1 heterocycles. The number of aromatic nitrogens is 2. The molecular formula is C11H19N3. The molecule has 0 radical (unpaired) electrons. The first-order valence-corrected chi connectivity index (χ1v) is 5.47. The zero-order chi connectivity index (χ0) is 9.97. The summed E-state index contributed by atoms with van der Waals surface area (Å²) in [5.74, 6) is 1.96. The summed E-state index contributed by atoms with van der Waals surface area (Å²) in [6.07, 6.45) is 9.36. The summed E-state index contributed by atoms with van der Waals surface area (Å²) in [5.41, 5.74) is 0. The van der Waals surface area contributed by atoms with Gasteiger partial charge in [0, 0.05) is 19.4 Å². The number of nitrogens with zero attached hydrogens (tertiary/aromatic N) is 2. The third-order valence-corrected chi connectivity index (χ3v) is 3.32. The van der Waals surface area contributed by atoms with E-state index < -0.39 is 0 Å². The molecule has 0 aromatic carbocycles. The molecule has 14 heavy (non-hydrogen) atoms. The van der Waals surface area contributed by atoms with E-state index in [1.165, 1.54) is 31.5 Å². The van der Waals surface area contributed by atoms with E-state index >= 15 is 0 Å². The standard InChI is InChI=1S/C11H19N3/c1-12-10(9-5-3-4-6-9)11-13-7-8-14(11)2/h7-10,12H,3-6H2,1-2H3. The van der Waals surface area contributed by atoms with Gasteiger partial charge in [0.15, 0.2) is 0 Å². The van der Waals surface area contributed by atoms with Crippen molar-refractivity contribution in [3.63, 3.8) is 0 Å². The molecule has 2 rings (SSSR count). The van der Waals surface area contributed by atoms with E-state index in [2.05, 4.69) is 21.9 Å². The molecule has 0 aliphatic heterocycles. The van der Waals surface area contributed by atoms with Crippen molar-refractivity contribution in [3.05, 3.63) is 18.2 Å². The second-order valence-corrected chi connectivity index (χ2v) is 4.21. The molecule has 3 heteroatoms. The number of aryl methyl sites for hydroxylation is 1. The summed E-state index contributed by atoms with van der Waals surface area (Å²) in [6, 6.07) is 0.442. The average molecular weight is 193 g/mol. The van der Waals surface area contributed by atoms with E-state index in [0.717, 1.165) is 5.92 Å². The number of nitrogens with one attached hydrogen (secondary N) is 1. The molecule has 0 spiro atoms. The van der Waals surface area contributed by atoms with Crippen LogP contribution >= 0.6 is 0 Å². The van der Waals surface area contributed by atoms with Gasteiger partial charge in [-0.2, -0.15) is 0 Å². The molecule has 1 aliphatic carbocycles. The van der Waals surface area contributed by atoms with Gasteiger partial charge in [0.2, 0.25) is 0 Å². The fourth-order valence-corrected chi connectivity index (χ4v) is 2.54. The van der Waals surface area contributed by atoms with Crippen LogP contribution in [0.15, 0.2) is 12.4 Å². The van der Waals surface area contributed by atoms with Gasteiger partial charge in [0.1, 0.15) is 5.82 Å². The molecule has 1 saturated carbocycles. The van der Waals surface area contributed by atoms with Crippen molar-refractivity contribution in [1.29, 1.82) is 0 Å². The number of hydrogen-bond acceptors (Lipinski definition) is 2. The van der Waals surface area contributed by atoms with E-state index in [4.69, 9.17) is 0 Å². The van der Waals surface area contributed by atoms with E-state index in [0.29, 0.717) is 6.04 Å². The van der Waals surface area contributed by atoms with Gasteiger partial charge in [0.05, 0.1) is 6.04 Å². The van der Waals surface area contributed by atoms with Gasteiger partial charge < -0.3 is 9.88 Å². The molecule has 0 amide bonds. The third-order valence-electron chi connectivity index (χ3n) is 3.32. The molecule has 1 atom stereocenters. The van der Waals surface area contributed by atoms with Gasteiger partial charge in [-0.1, -0.05) is 12.8 Å². The molecule has 1 aromatic rings. The molecule has 0 bridgehead atoms. The van der Waals surface area contributed by atoms with E-state index in [1.54, 1.807) is 0 Å². The molecule has 1 N–H and O–H groups in total. The van der Waals surface area contributed by atoms with Crippen molar-refractivity contribution < 1.29 is 0 Å². The van der Waals surface area contributed by atoms with Crippen molar-refractivity contribution in [2.75, 3.05) is 7.05 Å². The highest BCUT2D eigenvalue weighted by molar-refractivity contribution is 5.01. The molecule has 0 saturated heterocycles. The monoisotopic (exact) mass is 193 g/mol. The van der Waals surface area contributed by atoms with Crippen LogP contribution in [0, 0.1) is 5.92 Å². The maximum absolute atomic E-state index is 4.43. The summed E-state index contributed by atoms with van der Waals surface area (Å²) in [6.45, 7) is 0. The van der Waals surface area contributed by atoms with Gasteiger partial charge in [0.25, 0.3) is 0 Å². The van der Waals surface area contributed by atoms with Crippen LogP contribution in [0.4, 0.5) is 0 Å². The minimum absolute atomic E-state index is 0.442. The quantitative estimate of drug-likeness (QED) is 0.794. The maximum Gasteiger partial charge on any atom is 0.125 e. The van der Waals surface area contributed by atoms with E-state index in [1.807, 2.05) is 19.4 Å². The van der Waals surface area contributed by atoms with E-state index in [-0.39, 0.29) is 0 Å². The Bertz CT molecular complexity index is 286. The van der Waals surface area contributed by atoms with Gasteiger partial charge in [-0.15, -0.1) is 0 Å². The Hall–Kier alpha value is -0.830. The van der Waals surface area contributed by atoms with Crippen LogP contribution < -0.4 is 5.32 Å². The van der Waals surface area contributed by atoms with E-state index in [9.17, 15) is 0 Å². The van der Waals surface area contributed by atoms with Crippen LogP contribution in [-0.2, 0) is 7.05 Å². The molecule has 1 aliphatic rings. The summed E-state index contributed by atoms with van der Waals surface area (Å²) in [4.78, 5) is 4.43. The molecule has 1 aromatic heterocycles. The van der Waals surface area contributed by atoms with Crippen LogP contribution in [0.2, 0.25) is 0 Å². The lowest BCUT2D eigenvalue weighted by Gasteiger charge is -2.22. The van der Waals surface area contributed by atoms with Crippen molar-refractivity contribution in [2.24, 2.45) is 13.0 Å². The molecule has 1 unspecified atom stereocenters. The highest BCUT2D eigenvalue weighted by Gasteiger charge is 2.27. The van der Waals surface area contributed by atoms with Crippen LogP contribution in [0.5, 0.6) is 0 Å². The molecular weight excluding hydrogens is 174 g/mol. The Balaban J connectivity index is 2.16. The minimum atomic E-state index is 0.442. The van der Waals surface area contributed by atoms with Gasteiger partial charge in [-0.25, -0.2) is 4.98 Å². The van der Waals surface area contributed by atoms with Gasteiger partial charge >= 0.3 is 0 Å². The largest absolute Gasteiger partial charge is 0.337 e. The van der Waals surface area contributed by atoms with Gasteiger partial charge in [-0.3, -0.25) is 0 Å². The van der Waals surface area contributed by atoms with Crippen molar-refractivity contribution in [3.8, 4) is 0 Å². The van der Waals surface area contributed by atoms with Gasteiger partial charge in [-0.05, 0) is 25.8 Å². The topological polar surface area (TPSA) is 29.9 Å². The first-order valence-electron chi connectivity index (χ1n) is 5.47. The molecule has 78 valence electrons. The minimum Gasteiger partial charge on any atom is -0.337 e. The molecule has 1 fully saturated rings. The zero-order valence-electron chi connectivity index (χ0n) is 9.03. The second-order valence-electron chi connectivity index (χ2n) is 4.21. The summed E-state index contributed by atoms with van der Waals surface area (Å²) >= 11 is 0. The Morgan fingerprint density at radius 2 is 2.21 bits per heavy atom. The number of rotatable bonds is 3. The van der Waals surface area contributed by atoms with Crippen molar-refractivity contribution >= 4 is 0 Å². The fourth-order valence-electron chi connectivity index (χ4n) is 2.54. The molecule has 3 nitrogen and oxygen atoms in total. The average Bonchev–Trinajstić information content (AvgIpc) is 2.80. The predicted octanol–water partition coefficient (Wildman–Crippen LogP) is 1.87. The highest BCUT2D eigenvalue weighted by Crippen LogP contribution is 2.34. The van der Waals surface area contributed by atoms with Crippen LogP contribution in [0.3, 0.4) is 0 Å². The Labute approximate surface area is 85.5 Å². The lowest BCUT2D eigenvalue weighted by Crippen LogP contribution is -2.26. The van der Waals surface area contributed by atoms with Crippen LogP contribution in [-0.4, -0.2) is 16.6 Å². The Kier molecular flexibility index (Phi) is 2.87. The summed E-state index contributed by atoms with van der Waals surface area (Å²) in [7, 11) is 4.11. The normalized spacial score (nSPS) is 20.1. The fraction of sp³-hybridized carbons (Fsp3) is 0.727. The zero-order valence-corrected chi connectivity index (χ0v) is 9.03. The lowest BCUT2D eigenvalue weighted by molar-refractivity contribution is 0.367. The number of hydrogen-bond donors (Lipinski definition) is 1. The number of imidazole rings is 1. The maximum atomic E-state index is 4.43. The van der Waals surface area contributed by atoms with Crippen LogP contribution in [0.1, 0.15) is 37.5 Å². The first kappa shape index (κ1) is 9.71. The van der Waals surface area contributed by atoms with Crippen molar-refractivity contribution in [1.82, 2.24) is 14.9 Å². The summed E-state index contributed by atoms with van der Waals surface area (Å²) < 4.78 is 2.12. The smallest absolute Gasteiger partial charge is 0.125 e. The Morgan fingerprint density at radius 3 is 2.71 bits per heavy atom.